The molecule has 8 nitrogen and oxygen atoms in total. The van der Waals surface area contributed by atoms with Gasteiger partial charge in [0.15, 0.2) is 11.5 Å². The fourth-order valence-corrected chi connectivity index (χ4v) is 2.57. The predicted octanol–water partition coefficient (Wildman–Crippen LogP) is 1.38. The first kappa shape index (κ1) is 18.5. The summed E-state index contributed by atoms with van der Waals surface area (Å²) in [5.74, 6) is 1.33. The number of carbonyl (C=O) groups excluding carboxylic acids is 1. The maximum absolute atomic E-state index is 11.2. The third kappa shape index (κ3) is 5.61. The number of urea groups is 1. The van der Waals surface area contributed by atoms with Crippen LogP contribution in [0.1, 0.15) is 11.1 Å². The van der Waals surface area contributed by atoms with Crippen LogP contribution in [0.5, 0.6) is 11.5 Å². The summed E-state index contributed by atoms with van der Waals surface area (Å²) in [5.41, 5.74) is 10.1. The molecule has 4 N–H and O–H groups in total. The number of hydrazone groups is 1. The van der Waals surface area contributed by atoms with E-state index < -0.39 is 0 Å². The quantitative estimate of drug-likeness (QED) is 0.417. The van der Waals surface area contributed by atoms with Crippen LogP contribution in [-0.4, -0.2) is 38.7 Å². The Kier molecular flexibility index (Phi) is 6.48. The van der Waals surface area contributed by atoms with Crippen molar-refractivity contribution < 1.29 is 14.3 Å². The van der Waals surface area contributed by atoms with E-state index in [1.807, 2.05) is 36.4 Å². The van der Waals surface area contributed by atoms with Crippen LogP contribution in [0.3, 0.4) is 0 Å². The molecule has 2 amide bonds. The first-order chi connectivity index (χ1) is 13.2. The standard InChI is InChI=1S/C19H23N5O3/c1-26-17-11-15(12-20-23-18-13-21-24-19(25)22-18)7-8-16(17)27-10-9-14-5-3-2-4-6-14/h2-8,11-12,18,21,23H,9-10,13H2,1H3,(H2,22,24,25)/b20-12+. The number of hydrazine groups is 1. The van der Waals surface area contributed by atoms with Crippen molar-refractivity contribution in [3.05, 3.63) is 59.7 Å². The molecule has 8 heteroatoms. The average Bonchev–Trinajstić information content (AvgIpc) is 2.70. The van der Waals surface area contributed by atoms with E-state index in [2.05, 4.69) is 38.8 Å². The van der Waals surface area contributed by atoms with Gasteiger partial charge in [0.25, 0.3) is 0 Å². The van der Waals surface area contributed by atoms with Gasteiger partial charge < -0.3 is 14.8 Å². The van der Waals surface area contributed by atoms with Crippen molar-refractivity contribution in [2.45, 2.75) is 12.6 Å². The van der Waals surface area contributed by atoms with E-state index in [4.69, 9.17) is 9.47 Å². The summed E-state index contributed by atoms with van der Waals surface area (Å²) >= 11 is 0. The number of hydrogen-bond donors (Lipinski definition) is 4. The lowest BCUT2D eigenvalue weighted by atomic mass is 10.2. The van der Waals surface area contributed by atoms with Crippen molar-refractivity contribution >= 4 is 12.2 Å². The molecule has 0 saturated carbocycles. The Hall–Kier alpha value is -3.26. The smallest absolute Gasteiger partial charge is 0.330 e. The molecule has 0 spiro atoms. The van der Waals surface area contributed by atoms with Crippen LogP contribution in [0.25, 0.3) is 0 Å². The van der Waals surface area contributed by atoms with Gasteiger partial charge in [-0.25, -0.2) is 10.2 Å². The summed E-state index contributed by atoms with van der Waals surface area (Å²) in [7, 11) is 1.61. The van der Waals surface area contributed by atoms with Gasteiger partial charge >= 0.3 is 6.03 Å². The third-order valence-electron chi connectivity index (χ3n) is 3.94. The van der Waals surface area contributed by atoms with Crippen molar-refractivity contribution in [3.63, 3.8) is 0 Å². The number of benzene rings is 2. The van der Waals surface area contributed by atoms with Crippen LogP contribution < -0.4 is 31.1 Å². The van der Waals surface area contributed by atoms with Crippen LogP contribution in [0.4, 0.5) is 4.79 Å². The molecule has 1 unspecified atom stereocenters. The Labute approximate surface area is 157 Å². The lowest BCUT2D eigenvalue weighted by Gasteiger charge is -2.24. The van der Waals surface area contributed by atoms with E-state index in [-0.39, 0.29) is 12.2 Å². The van der Waals surface area contributed by atoms with Gasteiger partial charge in [-0.2, -0.15) is 5.10 Å². The van der Waals surface area contributed by atoms with Gasteiger partial charge in [-0.15, -0.1) is 0 Å². The highest BCUT2D eigenvalue weighted by molar-refractivity contribution is 5.80. The van der Waals surface area contributed by atoms with E-state index in [1.165, 1.54) is 5.56 Å². The monoisotopic (exact) mass is 369 g/mol. The van der Waals surface area contributed by atoms with Crippen LogP contribution >= 0.6 is 0 Å². The molecule has 0 radical (unpaired) electrons. The highest BCUT2D eigenvalue weighted by Gasteiger charge is 2.15. The molecule has 1 fully saturated rings. The van der Waals surface area contributed by atoms with E-state index in [1.54, 1.807) is 13.3 Å². The van der Waals surface area contributed by atoms with Gasteiger partial charge in [0.2, 0.25) is 0 Å². The zero-order valence-electron chi connectivity index (χ0n) is 15.1. The van der Waals surface area contributed by atoms with Crippen molar-refractivity contribution in [3.8, 4) is 11.5 Å². The minimum absolute atomic E-state index is 0.280. The third-order valence-corrected chi connectivity index (χ3v) is 3.94. The molecule has 3 rings (SSSR count). The van der Waals surface area contributed by atoms with Crippen LogP contribution in [0, 0.1) is 0 Å². The molecule has 1 atom stereocenters. The Morgan fingerprint density at radius 1 is 1.22 bits per heavy atom. The molecule has 2 aromatic carbocycles. The molecule has 27 heavy (non-hydrogen) atoms. The molecule has 0 aromatic heterocycles. The fourth-order valence-electron chi connectivity index (χ4n) is 2.57. The maximum atomic E-state index is 11.2. The van der Waals surface area contributed by atoms with Crippen molar-refractivity contribution in [1.82, 2.24) is 21.6 Å². The largest absolute Gasteiger partial charge is 0.493 e. The summed E-state index contributed by atoms with van der Waals surface area (Å²) in [4.78, 5) is 11.2. The second-order valence-electron chi connectivity index (χ2n) is 5.91. The Balaban J connectivity index is 1.53. The molecule has 142 valence electrons. The second kappa shape index (κ2) is 9.44. The van der Waals surface area contributed by atoms with E-state index in [9.17, 15) is 4.79 Å². The number of methoxy groups -OCH3 is 1. The molecule has 0 aliphatic carbocycles. The maximum Gasteiger partial charge on any atom is 0.330 e. The van der Waals surface area contributed by atoms with Crippen molar-refractivity contribution in [2.24, 2.45) is 5.10 Å². The number of nitrogens with zero attached hydrogens (tertiary/aromatic N) is 1. The van der Waals surface area contributed by atoms with Gasteiger partial charge in [0.05, 0.1) is 26.5 Å². The van der Waals surface area contributed by atoms with Crippen LogP contribution in [0.15, 0.2) is 53.6 Å². The second-order valence-corrected chi connectivity index (χ2v) is 5.91. The normalized spacial score (nSPS) is 16.5. The summed E-state index contributed by atoms with van der Waals surface area (Å²) in [6.07, 6.45) is 2.20. The van der Waals surface area contributed by atoms with Crippen molar-refractivity contribution in [2.75, 3.05) is 20.3 Å². The molecular weight excluding hydrogens is 346 g/mol. The first-order valence-corrected chi connectivity index (χ1v) is 8.67. The highest BCUT2D eigenvalue weighted by Crippen LogP contribution is 2.27. The zero-order valence-corrected chi connectivity index (χ0v) is 15.1. The lowest BCUT2D eigenvalue weighted by Crippen LogP contribution is -2.62. The first-order valence-electron chi connectivity index (χ1n) is 8.67. The molecule has 1 aliphatic rings. The summed E-state index contributed by atoms with van der Waals surface area (Å²) in [6, 6.07) is 15.5. The molecule has 1 saturated heterocycles. The highest BCUT2D eigenvalue weighted by atomic mass is 16.5. The van der Waals surface area contributed by atoms with Crippen LogP contribution in [0.2, 0.25) is 0 Å². The summed E-state index contributed by atoms with van der Waals surface area (Å²) < 4.78 is 11.3. The number of rotatable bonds is 8. The predicted molar refractivity (Wildman–Crippen MR) is 103 cm³/mol. The molecule has 2 aromatic rings. The number of amides is 2. The molecular formula is C19H23N5O3. The van der Waals surface area contributed by atoms with Gasteiger partial charge in [-0.3, -0.25) is 10.9 Å². The van der Waals surface area contributed by atoms with Crippen molar-refractivity contribution in [1.29, 1.82) is 0 Å². The van der Waals surface area contributed by atoms with E-state index >= 15 is 0 Å². The van der Waals surface area contributed by atoms with Gasteiger partial charge in [0.1, 0.15) is 6.17 Å². The van der Waals surface area contributed by atoms with Gasteiger partial charge in [0, 0.05) is 6.42 Å². The zero-order chi connectivity index (χ0) is 18.9. The van der Waals surface area contributed by atoms with Crippen LogP contribution in [-0.2, 0) is 6.42 Å². The molecule has 0 bridgehead atoms. The van der Waals surface area contributed by atoms with Gasteiger partial charge in [-0.1, -0.05) is 30.3 Å². The Bertz CT molecular complexity index is 782. The summed E-state index contributed by atoms with van der Waals surface area (Å²) in [6.45, 7) is 1.08. The number of ether oxygens (including phenoxy) is 2. The van der Waals surface area contributed by atoms with Gasteiger partial charge in [-0.05, 0) is 29.3 Å². The minimum Gasteiger partial charge on any atom is -0.493 e. The lowest BCUT2D eigenvalue weighted by molar-refractivity contribution is 0.217. The number of nitrogens with one attached hydrogen (secondary N) is 4. The van der Waals surface area contributed by atoms with E-state index in [0.29, 0.717) is 24.7 Å². The van der Waals surface area contributed by atoms with E-state index in [0.717, 1.165) is 12.0 Å². The number of carbonyl (C=O) groups is 1. The minimum atomic E-state index is -0.298. The topological polar surface area (TPSA) is 96.0 Å². The average molecular weight is 369 g/mol. The fraction of sp³-hybridized carbons (Fsp3) is 0.263. The number of hydrogen-bond acceptors (Lipinski definition) is 6. The molecule has 1 aliphatic heterocycles. The molecule has 1 heterocycles. The summed E-state index contributed by atoms with van der Waals surface area (Å²) in [5, 5.41) is 6.84. The Morgan fingerprint density at radius 2 is 2.07 bits per heavy atom. The SMILES string of the molecule is COc1cc(/C=N/NC2CNNC(=O)N2)ccc1OCCc1ccccc1. The Morgan fingerprint density at radius 3 is 2.85 bits per heavy atom.